The number of hydrogen-bond donors (Lipinski definition) is 0. The summed E-state index contributed by atoms with van der Waals surface area (Å²) in [7, 11) is 1.66. The molecule has 0 radical (unpaired) electrons. The highest BCUT2D eigenvalue weighted by molar-refractivity contribution is 5.70. The van der Waals surface area contributed by atoms with E-state index in [1.165, 1.54) is 0 Å². The van der Waals surface area contributed by atoms with E-state index in [4.69, 9.17) is 9.47 Å². The molecule has 0 amide bonds. The third-order valence-corrected chi connectivity index (χ3v) is 2.17. The maximum absolute atomic E-state index is 11.6. The summed E-state index contributed by atoms with van der Waals surface area (Å²) >= 11 is 0. The van der Waals surface area contributed by atoms with Crippen molar-refractivity contribution in [1.29, 1.82) is 0 Å². The summed E-state index contributed by atoms with van der Waals surface area (Å²) in [6.45, 7) is 10.4. The van der Waals surface area contributed by atoms with Gasteiger partial charge in [0, 0.05) is 13.7 Å². The Morgan fingerprint density at radius 2 is 1.80 bits per heavy atom. The smallest absolute Gasteiger partial charge is 0.306 e. The number of ether oxygens (including phenoxy) is 2. The average Bonchev–Trinajstić information content (AvgIpc) is 1.99. The molecule has 0 rings (SSSR count). The molecule has 0 aliphatic carbocycles. The predicted molar refractivity (Wildman–Crippen MR) is 60.7 cm³/mol. The van der Waals surface area contributed by atoms with Gasteiger partial charge in [-0.3, -0.25) is 4.79 Å². The largest absolute Gasteiger partial charge is 0.460 e. The van der Waals surface area contributed by atoms with Gasteiger partial charge in [0.2, 0.25) is 0 Å². The lowest BCUT2D eigenvalue weighted by Gasteiger charge is -2.23. The summed E-state index contributed by atoms with van der Waals surface area (Å²) in [5.74, 6) is 0.528. The maximum atomic E-state index is 11.6. The van der Waals surface area contributed by atoms with Gasteiger partial charge in [0.15, 0.2) is 0 Å². The molecule has 0 saturated heterocycles. The van der Waals surface area contributed by atoms with Crippen LogP contribution in [0.4, 0.5) is 0 Å². The number of methoxy groups -OCH3 is 1. The standard InChI is InChI=1S/C12H24O3/c1-9(2)10(8-14-6)7-11(13)15-12(3,4)5/h9-10H,7-8H2,1-6H3/t10-/m1/s1. The van der Waals surface area contributed by atoms with Gasteiger partial charge in [-0.2, -0.15) is 0 Å². The molecule has 0 fully saturated rings. The number of esters is 1. The highest BCUT2D eigenvalue weighted by Gasteiger charge is 2.22. The van der Waals surface area contributed by atoms with E-state index in [0.29, 0.717) is 18.9 Å². The van der Waals surface area contributed by atoms with Crippen LogP contribution < -0.4 is 0 Å². The van der Waals surface area contributed by atoms with E-state index in [2.05, 4.69) is 13.8 Å². The zero-order chi connectivity index (χ0) is 12.1. The van der Waals surface area contributed by atoms with Crippen LogP contribution in [0.2, 0.25) is 0 Å². The van der Waals surface area contributed by atoms with Crippen molar-refractivity contribution in [1.82, 2.24) is 0 Å². The van der Waals surface area contributed by atoms with Crippen LogP contribution in [0.15, 0.2) is 0 Å². The van der Waals surface area contributed by atoms with E-state index in [0.717, 1.165) is 0 Å². The van der Waals surface area contributed by atoms with E-state index in [9.17, 15) is 4.79 Å². The van der Waals surface area contributed by atoms with Crippen molar-refractivity contribution in [2.75, 3.05) is 13.7 Å². The Bertz CT molecular complexity index is 192. The summed E-state index contributed by atoms with van der Waals surface area (Å²) in [4.78, 5) is 11.6. The van der Waals surface area contributed by atoms with E-state index in [1.807, 2.05) is 20.8 Å². The third kappa shape index (κ3) is 7.37. The first-order valence-electron chi connectivity index (χ1n) is 5.47. The van der Waals surface area contributed by atoms with Crippen LogP contribution in [0.5, 0.6) is 0 Å². The Morgan fingerprint density at radius 3 is 2.13 bits per heavy atom. The van der Waals surface area contributed by atoms with Crippen LogP contribution in [-0.4, -0.2) is 25.3 Å². The van der Waals surface area contributed by atoms with Crippen LogP contribution in [0.3, 0.4) is 0 Å². The van der Waals surface area contributed by atoms with Gasteiger partial charge in [-0.05, 0) is 32.6 Å². The van der Waals surface area contributed by atoms with Gasteiger partial charge >= 0.3 is 5.97 Å². The highest BCUT2D eigenvalue weighted by Crippen LogP contribution is 2.18. The fourth-order valence-corrected chi connectivity index (χ4v) is 1.30. The Kier molecular flexibility index (Phi) is 5.88. The lowest BCUT2D eigenvalue weighted by molar-refractivity contribution is -0.156. The van der Waals surface area contributed by atoms with Crippen LogP contribution in [0.1, 0.15) is 41.0 Å². The fraction of sp³-hybridized carbons (Fsp3) is 0.917. The zero-order valence-corrected chi connectivity index (χ0v) is 10.8. The minimum atomic E-state index is -0.397. The second-order valence-electron chi connectivity index (χ2n) is 5.25. The van der Waals surface area contributed by atoms with E-state index in [1.54, 1.807) is 7.11 Å². The molecule has 0 aromatic rings. The van der Waals surface area contributed by atoms with E-state index < -0.39 is 5.60 Å². The van der Waals surface area contributed by atoms with Crippen molar-refractivity contribution < 1.29 is 14.3 Å². The van der Waals surface area contributed by atoms with Gasteiger partial charge in [0.25, 0.3) is 0 Å². The second kappa shape index (κ2) is 6.11. The van der Waals surface area contributed by atoms with Gasteiger partial charge in [0.1, 0.15) is 5.60 Å². The van der Waals surface area contributed by atoms with E-state index in [-0.39, 0.29) is 11.9 Å². The summed E-state index contributed by atoms with van der Waals surface area (Å²) in [6, 6.07) is 0. The first-order valence-corrected chi connectivity index (χ1v) is 5.47. The topological polar surface area (TPSA) is 35.5 Å². The number of carbonyl (C=O) groups excluding carboxylic acids is 1. The second-order valence-corrected chi connectivity index (χ2v) is 5.25. The molecule has 0 aromatic carbocycles. The Labute approximate surface area is 93.1 Å². The SMILES string of the molecule is COC[C@@H](CC(=O)OC(C)(C)C)C(C)C. The van der Waals surface area contributed by atoms with Crippen LogP contribution >= 0.6 is 0 Å². The first kappa shape index (κ1) is 14.4. The summed E-state index contributed by atoms with van der Waals surface area (Å²) in [5.41, 5.74) is -0.397. The molecular weight excluding hydrogens is 192 g/mol. The summed E-state index contributed by atoms with van der Waals surface area (Å²) in [5, 5.41) is 0. The molecule has 0 aromatic heterocycles. The quantitative estimate of drug-likeness (QED) is 0.663. The van der Waals surface area contributed by atoms with Gasteiger partial charge in [0.05, 0.1) is 6.42 Å². The number of hydrogen-bond acceptors (Lipinski definition) is 3. The summed E-state index contributed by atoms with van der Waals surface area (Å²) < 4.78 is 10.4. The Morgan fingerprint density at radius 1 is 1.27 bits per heavy atom. The molecule has 15 heavy (non-hydrogen) atoms. The van der Waals surface area contributed by atoms with Crippen molar-refractivity contribution in [2.45, 2.75) is 46.6 Å². The first-order chi connectivity index (χ1) is 6.76. The fourth-order valence-electron chi connectivity index (χ4n) is 1.30. The molecule has 0 heterocycles. The molecule has 0 aliphatic rings. The number of carbonyl (C=O) groups is 1. The highest BCUT2D eigenvalue weighted by atomic mass is 16.6. The van der Waals surface area contributed by atoms with Crippen molar-refractivity contribution in [3.05, 3.63) is 0 Å². The normalized spacial score (nSPS) is 14.1. The van der Waals surface area contributed by atoms with Gasteiger partial charge < -0.3 is 9.47 Å². The molecule has 0 saturated carbocycles. The molecule has 3 heteroatoms. The van der Waals surface area contributed by atoms with Crippen molar-refractivity contribution in [3.8, 4) is 0 Å². The molecule has 1 atom stereocenters. The molecule has 3 nitrogen and oxygen atoms in total. The monoisotopic (exact) mass is 216 g/mol. The Balaban J connectivity index is 4.11. The zero-order valence-electron chi connectivity index (χ0n) is 10.8. The molecule has 0 spiro atoms. The number of rotatable bonds is 5. The molecular formula is C12H24O3. The minimum Gasteiger partial charge on any atom is -0.460 e. The van der Waals surface area contributed by atoms with Gasteiger partial charge in [-0.1, -0.05) is 13.8 Å². The Hall–Kier alpha value is -0.570. The minimum absolute atomic E-state index is 0.141. The molecule has 0 N–H and O–H groups in total. The lowest BCUT2D eigenvalue weighted by Crippen LogP contribution is -2.27. The maximum Gasteiger partial charge on any atom is 0.306 e. The van der Waals surface area contributed by atoms with Crippen LogP contribution in [0, 0.1) is 11.8 Å². The van der Waals surface area contributed by atoms with Crippen molar-refractivity contribution in [2.24, 2.45) is 11.8 Å². The predicted octanol–water partition coefficient (Wildman–Crippen LogP) is 2.64. The van der Waals surface area contributed by atoms with Crippen molar-refractivity contribution >= 4 is 5.97 Å². The van der Waals surface area contributed by atoms with E-state index >= 15 is 0 Å². The van der Waals surface area contributed by atoms with Gasteiger partial charge in [-0.15, -0.1) is 0 Å². The van der Waals surface area contributed by atoms with Gasteiger partial charge in [-0.25, -0.2) is 0 Å². The molecule has 0 bridgehead atoms. The lowest BCUT2D eigenvalue weighted by atomic mass is 9.93. The van der Waals surface area contributed by atoms with Crippen LogP contribution in [0.25, 0.3) is 0 Å². The third-order valence-electron chi connectivity index (χ3n) is 2.17. The molecule has 0 aliphatic heterocycles. The molecule has 0 unspecified atom stereocenters. The van der Waals surface area contributed by atoms with Crippen LogP contribution in [-0.2, 0) is 14.3 Å². The molecule has 90 valence electrons. The average molecular weight is 216 g/mol. The van der Waals surface area contributed by atoms with Crippen molar-refractivity contribution in [3.63, 3.8) is 0 Å². The summed E-state index contributed by atoms with van der Waals surface area (Å²) in [6.07, 6.45) is 0.433.